The van der Waals surface area contributed by atoms with Gasteiger partial charge in [-0.1, -0.05) is 12.1 Å². The molecule has 0 unspecified atom stereocenters. The summed E-state index contributed by atoms with van der Waals surface area (Å²) in [5, 5.41) is 9.97. The number of alkyl halides is 6. The number of pyridine rings is 1. The summed E-state index contributed by atoms with van der Waals surface area (Å²) < 4.78 is 82.3. The summed E-state index contributed by atoms with van der Waals surface area (Å²) in [6, 6.07) is 8.08. The maximum Gasteiger partial charge on any atom is 0.434 e. The maximum atomic E-state index is 13.9. The number of hydrogen-bond acceptors (Lipinski definition) is 4. The average Bonchev–Trinajstić information content (AvgIpc) is 3.47. The molecule has 0 aliphatic carbocycles. The number of carbonyl (C=O) groups is 1. The van der Waals surface area contributed by atoms with Gasteiger partial charge in [-0.15, -0.1) is 0 Å². The second kappa shape index (κ2) is 8.65. The zero-order valence-corrected chi connectivity index (χ0v) is 17.0. The van der Waals surface area contributed by atoms with Crippen molar-refractivity contribution in [2.45, 2.75) is 18.9 Å². The molecule has 0 atom stereocenters. The van der Waals surface area contributed by atoms with Gasteiger partial charge in [0, 0.05) is 30.7 Å². The molecule has 4 rings (SSSR count). The van der Waals surface area contributed by atoms with Crippen LogP contribution in [0.2, 0.25) is 0 Å². The van der Waals surface area contributed by atoms with Crippen molar-refractivity contribution in [1.82, 2.24) is 29.9 Å². The lowest BCUT2D eigenvalue weighted by molar-refractivity contribution is -0.143. The Hall–Kier alpha value is -4.16. The minimum atomic E-state index is -5.08. The van der Waals surface area contributed by atoms with E-state index in [4.69, 9.17) is 0 Å². The first kappa shape index (κ1) is 23.0. The molecule has 0 fully saturated rings. The van der Waals surface area contributed by atoms with E-state index in [9.17, 15) is 31.1 Å². The molecule has 0 spiro atoms. The predicted octanol–water partition coefficient (Wildman–Crippen LogP) is 4.42. The van der Waals surface area contributed by atoms with E-state index in [1.165, 1.54) is 17.1 Å². The van der Waals surface area contributed by atoms with Gasteiger partial charge in [0.2, 0.25) is 0 Å². The Bertz CT molecular complexity index is 1310. The maximum absolute atomic E-state index is 13.9. The molecule has 0 saturated heterocycles. The number of nitrogens with zero attached hydrogens (tertiary/aromatic N) is 5. The Morgan fingerprint density at radius 2 is 1.74 bits per heavy atom. The third-order valence-electron chi connectivity index (χ3n) is 4.73. The highest BCUT2D eigenvalue weighted by molar-refractivity contribution is 5.95. The number of rotatable bonds is 5. The molecule has 1 aromatic carbocycles. The third kappa shape index (κ3) is 4.63. The summed E-state index contributed by atoms with van der Waals surface area (Å²) in [5.74, 6) is -0.746. The van der Waals surface area contributed by atoms with Crippen molar-refractivity contribution in [3.05, 3.63) is 89.6 Å². The van der Waals surface area contributed by atoms with Crippen molar-refractivity contribution in [3.8, 4) is 11.5 Å². The average molecular weight is 480 g/mol. The molecular formula is C21H14F6N6O. The summed E-state index contributed by atoms with van der Waals surface area (Å²) in [6.45, 7) is -0.187. The van der Waals surface area contributed by atoms with Crippen molar-refractivity contribution >= 4 is 5.91 Å². The van der Waals surface area contributed by atoms with E-state index in [2.05, 4.69) is 20.5 Å². The second-order valence-corrected chi connectivity index (χ2v) is 6.98. The van der Waals surface area contributed by atoms with Crippen LogP contribution in [0.15, 0.2) is 67.3 Å². The van der Waals surface area contributed by atoms with Crippen molar-refractivity contribution < 1.29 is 31.1 Å². The van der Waals surface area contributed by atoms with Gasteiger partial charge in [-0.05, 0) is 30.3 Å². The van der Waals surface area contributed by atoms with Crippen LogP contribution in [0, 0.1) is 0 Å². The van der Waals surface area contributed by atoms with Crippen LogP contribution in [0.4, 0.5) is 26.3 Å². The second-order valence-electron chi connectivity index (χ2n) is 6.98. The Morgan fingerprint density at radius 1 is 0.941 bits per heavy atom. The smallest absolute Gasteiger partial charge is 0.348 e. The highest BCUT2D eigenvalue weighted by Crippen LogP contribution is 2.35. The molecule has 3 heterocycles. The normalized spacial score (nSPS) is 12.1. The number of carbonyl (C=O) groups excluding carboxylic acids is 1. The van der Waals surface area contributed by atoms with E-state index in [0.717, 1.165) is 18.2 Å². The SMILES string of the molecule is O=C(NCc1cccnc1-n1cccn1)c1cnn(-c2cccc(C(F)(F)F)c2)c1C(F)(F)F. The van der Waals surface area contributed by atoms with Gasteiger partial charge in [-0.3, -0.25) is 4.79 Å². The number of nitrogens with one attached hydrogen (secondary N) is 1. The van der Waals surface area contributed by atoms with Gasteiger partial charge in [0.05, 0.1) is 23.0 Å². The first-order valence-electron chi connectivity index (χ1n) is 9.60. The van der Waals surface area contributed by atoms with E-state index in [-0.39, 0.29) is 11.2 Å². The summed E-state index contributed by atoms with van der Waals surface area (Å²) in [7, 11) is 0. The highest BCUT2D eigenvalue weighted by Gasteiger charge is 2.41. The molecule has 4 aromatic rings. The molecule has 1 N–H and O–H groups in total. The Balaban J connectivity index is 1.65. The molecule has 34 heavy (non-hydrogen) atoms. The topological polar surface area (TPSA) is 77.6 Å². The summed E-state index contributed by atoms with van der Waals surface area (Å²) in [4.78, 5) is 16.8. The number of aromatic nitrogens is 5. The van der Waals surface area contributed by atoms with E-state index in [0.29, 0.717) is 23.6 Å². The third-order valence-corrected chi connectivity index (χ3v) is 4.73. The van der Waals surface area contributed by atoms with E-state index >= 15 is 0 Å². The van der Waals surface area contributed by atoms with Gasteiger partial charge in [0.15, 0.2) is 11.5 Å². The van der Waals surface area contributed by atoms with Crippen molar-refractivity contribution in [2.24, 2.45) is 0 Å². The minimum absolute atomic E-state index is 0.187. The molecule has 0 bridgehead atoms. The lowest BCUT2D eigenvalue weighted by Crippen LogP contribution is -2.27. The first-order valence-corrected chi connectivity index (χ1v) is 9.60. The van der Waals surface area contributed by atoms with Crippen molar-refractivity contribution in [3.63, 3.8) is 0 Å². The van der Waals surface area contributed by atoms with Crippen LogP contribution >= 0.6 is 0 Å². The zero-order valence-electron chi connectivity index (χ0n) is 17.0. The quantitative estimate of drug-likeness (QED) is 0.429. The fourth-order valence-corrected chi connectivity index (χ4v) is 3.24. The largest absolute Gasteiger partial charge is 0.434 e. The lowest BCUT2D eigenvalue weighted by atomic mass is 10.1. The molecule has 0 aliphatic heterocycles. The van der Waals surface area contributed by atoms with Crippen LogP contribution < -0.4 is 5.32 Å². The van der Waals surface area contributed by atoms with E-state index in [1.54, 1.807) is 24.4 Å². The van der Waals surface area contributed by atoms with E-state index < -0.39 is 40.8 Å². The summed E-state index contributed by atoms with van der Waals surface area (Å²) in [6.07, 6.45) is -4.58. The summed E-state index contributed by atoms with van der Waals surface area (Å²) in [5.41, 5.74) is -3.51. The highest BCUT2D eigenvalue weighted by atomic mass is 19.4. The Kier molecular flexibility index (Phi) is 5.85. The molecule has 0 saturated carbocycles. The fourth-order valence-electron chi connectivity index (χ4n) is 3.24. The van der Waals surface area contributed by atoms with Gasteiger partial charge in [-0.25, -0.2) is 14.3 Å². The van der Waals surface area contributed by atoms with Crippen LogP contribution in [0.25, 0.3) is 11.5 Å². The number of amides is 1. The Morgan fingerprint density at radius 3 is 2.41 bits per heavy atom. The van der Waals surface area contributed by atoms with Crippen LogP contribution in [-0.2, 0) is 18.9 Å². The summed E-state index contributed by atoms with van der Waals surface area (Å²) >= 11 is 0. The van der Waals surface area contributed by atoms with Gasteiger partial charge in [-0.2, -0.15) is 36.5 Å². The molecular weight excluding hydrogens is 466 g/mol. The van der Waals surface area contributed by atoms with Crippen LogP contribution in [0.1, 0.15) is 27.2 Å². The molecule has 3 aromatic heterocycles. The van der Waals surface area contributed by atoms with Gasteiger partial charge in [0.1, 0.15) is 0 Å². The van der Waals surface area contributed by atoms with Gasteiger partial charge in [0.25, 0.3) is 5.91 Å². The van der Waals surface area contributed by atoms with Crippen molar-refractivity contribution in [1.29, 1.82) is 0 Å². The number of benzene rings is 1. The standard InChI is InChI=1S/C21H14F6N6O/c22-20(23,24)14-5-1-6-15(10-14)33-17(21(25,26)27)16(12-31-33)19(34)29-11-13-4-2-7-28-18(13)32-9-3-8-30-32/h1-10,12H,11H2,(H,29,34). The lowest BCUT2D eigenvalue weighted by Gasteiger charge is -2.14. The monoisotopic (exact) mass is 480 g/mol. The molecule has 7 nitrogen and oxygen atoms in total. The fraction of sp³-hybridized carbons (Fsp3) is 0.143. The van der Waals surface area contributed by atoms with E-state index in [1.807, 2.05) is 0 Å². The molecule has 1 amide bonds. The Labute approximate surface area is 187 Å². The molecule has 0 radical (unpaired) electrons. The predicted molar refractivity (Wildman–Crippen MR) is 106 cm³/mol. The molecule has 13 heteroatoms. The van der Waals surface area contributed by atoms with Gasteiger partial charge < -0.3 is 5.32 Å². The van der Waals surface area contributed by atoms with Crippen molar-refractivity contribution in [2.75, 3.05) is 0 Å². The first-order chi connectivity index (χ1) is 16.1. The molecule has 0 aliphatic rings. The molecule has 176 valence electrons. The van der Waals surface area contributed by atoms with Gasteiger partial charge >= 0.3 is 12.4 Å². The number of halogens is 6. The minimum Gasteiger partial charge on any atom is -0.348 e. The number of hydrogen-bond donors (Lipinski definition) is 1. The van der Waals surface area contributed by atoms with Crippen LogP contribution in [0.3, 0.4) is 0 Å². The van der Waals surface area contributed by atoms with Crippen LogP contribution in [0.5, 0.6) is 0 Å². The van der Waals surface area contributed by atoms with Crippen LogP contribution in [-0.4, -0.2) is 30.5 Å². The zero-order chi connectivity index (χ0) is 24.5.